The fraction of sp³-hybridized carbons (Fsp3) is 0.273. The molecule has 0 radical (unpaired) electrons. The van der Waals surface area contributed by atoms with Crippen molar-refractivity contribution >= 4 is 23.5 Å². The Morgan fingerprint density at radius 2 is 2.21 bits per heavy atom. The molecule has 0 unspecified atom stereocenters. The first-order chi connectivity index (χ1) is 6.76. The summed E-state index contributed by atoms with van der Waals surface area (Å²) in [5.74, 6) is 0.769. The highest BCUT2D eigenvalue weighted by Crippen LogP contribution is 2.23. The molecule has 0 saturated carbocycles. The van der Waals surface area contributed by atoms with Crippen LogP contribution in [0, 0.1) is 0 Å². The summed E-state index contributed by atoms with van der Waals surface area (Å²) in [5.41, 5.74) is 9.29. The lowest BCUT2D eigenvalue weighted by molar-refractivity contribution is 0.962. The Morgan fingerprint density at radius 1 is 1.43 bits per heavy atom. The van der Waals surface area contributed by atoms with Crippen molar-refractivity contribution in [3.8, 4) is 0 Å². The quantitative estimate of drug-likeness (QED) is 0.724. The largest absolute Gasteiger partial charge is 0.350 e. The Balaban J connectivity index is 2.71. The molecular formula is C11H14N2S. The van der Waals surface area contributed by atoms with Gasteiger partial charge in [0.05, 0.1) is 0 Å². The standard InChI is InChI=1S/C11H14N2S/c1-13-6-9(7-14)10-4-8(5-12)2-3-11(10)13/h2-4,6,14H,5,7,12H2,1H3. The molecule has 0 spiro atoms. The van der Waals surface area contributed by atoms with E-state index in [4.69, 9.17) is 5.73 Å². The molecule has 0 bridgehead atoms. The highest BCUT2D eigenvalue weighted by molar-refractivity contribution is 7.79. The predicted molar refractivity (Wildman–Crippen MR) is 63.5 cm³/mol. The molecule has 0 aliphatic rings. The third-order valence-corrected chi connectivity index (χ3v) is 2.88. The van der Waals surface area contributed by atoms with Crippen molar-refractivity contribution in [1.29, 1.82) is 0 Å². The fourth-order valence-electron chi connectivity index (χ4n) is 1.77. The smallest absolute Gasteiger partial charge is 0.0481 e. The van der Waals surface area contributed by atoms with Crippen LogP contribution in [0.25, 0.3) is 10.9 Å². The molecule has 0 atom stereocenters. The number of aromatic nitrogens is 1. The number of hydrogen-bond acceptors (Lipinski definition) is 2. The highest BCUT2D eigenvalue weighted by atomic mass is 32.1. The summed E-state index contributed by atoms with van der Waals surface area (Å²) in [5, 5.41) is 1.27. The third kappa shape index (κ3) is 1.42. The predicted octanol–water partition coefficient (Wildman–Crippen LogP) is 2.07. The maximum absolute atomic E-state index is 5.61. The average Bonchev–Trinajstić information content (AvgIpc) is 2.55. The van der Waals surface area contributed by atoms with Crippen LogP contribution in [0.5, 0.6) is 0 Å². The SMILES string of the molecule is Cn1cc(CS)c2cc(CN)ccc21. The van der Waals surface area contributed by atoms with Crippen molar-refractivity contribution in [2.24, 2.45) is 12.8 Å². The molecule has 2 N–H and O–H groups in total. The lowest BCUT2D eigenvalue weighted by atomic mass is 10.1. The van der Waals surface area contributed by atoms with Gasteiger partial charge >= 0.3 is 0 Å². The lowest BCUT2D eigenvalue weighted by Gasteiger charge is -1.99. The number of nitrogens with zero attached hydrogens (tertiary/aromatic N) is 1. The van der Waals surface area contributed by atoms with E-state index in [9.17, 15) is 0 Å². The number of aryl methyl sites for hydroxylation is 1. The van der Waals surface area contributed by atoms with Gasteiger partial charge in [0.25, 0.3) is 0 Å². The number of benzene rings is 1. The van der Waals surface area contributed by atoms with Crippen LogP contribution < -0.4 is 5.73 Å². The van der Waals surface area contributed by atoms with Gasteiger partial charge in [0.15, 0.2) is 0 Å². The van der Waals surface area contributed by atoms with E-state index in [1.807, 2.05) is 0 Å². The first-order valence-corrected chi connectivity index (χ1v) is 5.27. The lowest BCUT2D eigenvalue weighted by Crippen LogP contribution is -1.95. The number of fused-ring (bicyclic) bond motifs is 1. The minimum atomic E-state index is 0.594. The van der Waals surface area contributed by atoms with Crippen LogP contribution in [0.4, 0.5) is 0 Å². The van der Waals surface area contributed by atoms with Crippen molar-refractivity contribution in [3.63, 3.8) is 0 Å². The zero-order valence-electron chi connectivity index (χ0n) is 8.20. The van der Waals surface area contributed by atoms with Gasteiger partial charge in [-0.25, -0.2) is 0 Å². The van der Waals surface area contributed by atoms with E-state index in [2.05, 4.69) is 48.6 Å². The summed E-state index contributed by atoms with van der Waals surface area (Å²) < 4.78 is 2.13. The Hall–Kier alpha value is -0.930. The second-order valence-corrected chi connectivity index (χ2v) is 3.80. The van der Waals surface area contributed by atoms with Gasteiger partial charge in [0.1, 0.15) is 0 Å². The molecule has 0 aliphatic carbocycles. The van der Waals surface area contributed by atoms with Crippen molar-refractivity contribution in [2.75, 3.05) is 0 Å². The Labute approximate surface area is 89.1 Å². The molecule has 2 nitrogen and oxygen atoms in total. The molecule has 2 aromatic rings. The summed E-state index contributed by atoms with van der Waals surface area (Å²) in [6, 6.07) is 6.34. The van der Waals surface area contributed by atoms with E-state index in [0.717, 1.165) is 5.75 Å². The highest BCUT2D eigenvalue weighted by Gasteiger charge is 2.05. The number of thiol groups is 1. The van der Waals surface area contributed by atoms with Crippen LogP contribution in [0.15, 0.2) is 24.4 Å². The first kappa shape index (κ1) is 9.62. The van der Waals surface area contributed by atoms with Crippen molar-refractivity contribution in [3.05, 3.63) is 35.5 Å². The second kappa shape index (κ2) is 3.67. The molecule has 3 heteroatoms. The zero-order chi connectivity index (χ0) is 10.1. The fourth-order valence-corrected chi connectivity index (χ4v) is 2.03. The zero-order valence-corrected chi connectivity index (χ0v) is 9.09. The van der Waals surface area contributed by atoms with Gasteiger partial charge in [-0.1, -0.05) is 6.07 Å². The van der Waals surface area contributed by atoms with Crippen molar-refractivity contribution in [1.82, 2.24) is 4.57 Å². The van der Waals surface area contributed by atoms with Gasteiger partial charge in [0.2, 0.25) is 0 Å². The normalized spacial score (nSPS) is 11.1. The first-order valence-electron chi connectivity index (χ1n) is 4.64. The average molecular weight is 206 g/mol. The van der Waals surface area contributed by atoms with Crippen molar-refractivity contribution in [2.45, 2.75) is 12.3 Å². The molecule has 14 heavy (non-hydrogen) atoms. The van der Waals surface area contributed by atoms with Gasteiger partial charge in [-0.2, -0.15) is 12.6 Å². The van der Waals surface area contributed by atoms with Crippen LogP contribution in [0.3, 0.4) is 0 Å². The summed E-state index contributed by atoms with van der Waals surface area (Å²) in [7, 11) is 2.05. The van der Waals surface area contributed by atoms with Gasteiger partial charge in [0, 0.05) is 36.4 Å². The number of nitrogens with two attached hydrogens (primary N) is 1. The van der Waals surface area contributed by atoms with E-state index in [1.165, 1.54) is 22.0 Å². The molecule has 74 valence electrons. The molecule has 1 aromatic carbocycles. The molecular weight excluding hydrogens is 192 g/mol. The van der Waals surface area contributed by atoms with Crippen molar-refractivity contribution < 1.29 is 0 Å². The topological polar surface area (TPSA) is 30.9 Å². The van der Waals surface area contributed by atoms with Gasteiger partial charge in [-0.05, 0) is 23.3 Å². The Kier molecular flexibility index (Phi) is 2.52. The summed E-state index contributed by atoms with van der Waals surface area (Å²) in [4.78, 5) is 0. The van der Waals surface area contributed by atoms with E-state index >= 15 is 0 Å². The minimum Gasteiger partial charge on any atom is -0.350 e. The van der Waals surface area contributed by atoms with Crippen LogP contribution >= 0.6 is 12.6 Å². The molecule has 0 saturated heterocycles. The van der Waals surface area contributed by atoms with E-state index < -0.39 is 0 Å². The molecule has 0 aliphatic heterocycles. The van der Waals surface area contributed by atoms with Crippen LogP contribution in [0.1, 0.15) is 11.1 Å². The maximum Gasteiger partial charge on any atom is 0.0481 e. The monoisotopic (exact) mass is 206 g/mol. The molecule has 0 fully saturated rings. The Bertz CT molecular complexity index is 460. The van der Waals surface area contributed by atoms with Crippen LogP contribution in [-0.4, -0.2) is 4.57 Å². The van der Waals surface area contributed by atoms with Crippen LogP contribution in [0.2, 0.25) is 0 Å². The van der Waals surface area contributed by atoms with E-state index in [1.54, 1.807) is 0 Å². The van der Waals surface area contributed by atoms with Gasteiger partial charge in [-0.3, -0.25) is 0 Å². The minimum absolute atomic E-state index is 0.594. The molecule has 1 aromatic heterocycles. The molecule has 1 heterocycles. The van der Waals surface area contributed by atoms with Crippen LogP contribution in [-0.2, 0) is 19.3 Å². The summed E-state index contributed by atoms with van der Waals surface area (Å²) >= 11 is 4.32. The summed E-state index contributed by atoms with van der Waals surface area (Å²) in [6.45, 7) is 0.594. The Morgan fingerprint density at radius 3 is 2.86 bits per heavy atom. The van der Waals surface area contributed by atoms with E-state index in [-0.39, 0.29) is 0 Å². The van der Waals surface area contributed by atoms with Gasteiger partial charge < -0.3 is 10.3 Å². The maximum atomic E-state index is 5.61. The molecule has 0 amide bonds. The second-order valence-electron chi connectivity index (χ2n) is 3.48. The third-order valence-electron chi connectivity index (χ3n) is 2.54. The molecule has 2 rings (SSSR count). The summed E-state index contributed by atoms with van der Waals surface area (Å²) in [6.07, 6.45) is 2.12. The number of hydrogen-bond donors (Lipinski definition) is 2. The van der Waals surface area contributed by atoms with E-state index in [0.29, 0.717) is 6.54 Å². The van der Waals surface area contributed by atoms with Gasteiger partial charge in [-0.15, -0.1) is 0 Å². The number of rotatable bonds is 2.